The van der Waals surface area contributed by atoms with Crippen molar-refractivity contribution >= 4 is 34.6 Å². The lowest BCUT2D eigenvalue weighted by Gasteiger charge is -2.27. The van der Waals surface area contributed by atoms with Crippen molar-refractivity contribution in [2.24, 2.45) is 5.92 Å². The van der Waals surface area contributed by atoms with Crippen molar-refractivity contribution < 1.29 is 9.59 Å². The number of nitrogens with one attached hydrogen (secondary N) is 1. The summed E-state index contributed by atoms with van der Waals surface area (Å²) in [5, 5.41) is 3.05. The van der Waals surface area contributed by atoms with Crippen molar-refractivity contribution in [2.75, 3.05) is 0 Å². The highest BCUT2D eigenvalue weighted by atomic mass is 35.5. The molecular weight excluding hydrogens is 294 g/mol. The molecule has 20 heavy (non-hydrogen) atoms. The van der Waals surface area contributed by atoms with Gasteiger partial charge >= 0.3 is 0 Å². The SMILES string of the molecule is CC1CCCC(NC(=O)CCC(=O)c2ccc(Cl)s2)C1. The molecule has 0 aromatic carbocycles. The van der Waals surface area contributed by atoms with Crippen LogP contribution in [0, 0.1) is 5.92 Å². The van der Waals surface area contributed by atoms with Gasteiger partial charge in [0.25, 0.3) is 0 Å². The average molecular weight is 314 g/mol. The van der Waals surface area contributed by atoms with Crippen LogP contribution in [-0.4, -0.2) is 17.7 Å². The van der Waals surface area contributed by atoms with E-state index in [2.05, 4.69) is 12.2 Å². The van der Waals surface area contributed by atoms with E-state index in [9.17, 15) is 9.59 Å². The van der Waals surface area contributed by atoms with Gasteiger partial charge in [0.05, 0.1) is 9.21 Å². The van der Waals surface area contributed by atoms with Crippen LogP contribution in [0.15, 0.2) is 12.1 Å². The summed E-state index contributed by atoms with van der Waals surface area (Å²) in [6, 6.07) is 3.72. The second-order valence-electron chi connectivity index (χ2n) is 5.56. The van der Waals surface area contributed by atoms with Crippen LogP contribution in [0.4, 0.5) is 0 Å². The van der Waals surface area contributed by atoms with E-state index in [1.54, 1.807) is 12.1 Å². The maximum absolute atomic E-state index is 11.9. The van der Waals surface area contributed by atoms with Crippen molar-refractivity contribution in [3.8, 4) is 0 Å². The molecule has 0 bridgehead atoms. The number of halogens is 1. The second-order valence-corrected chi connectivity index (χ2v) is 7.28. The molecule has 0 saturated heterocycles. The number of hydrogen-bond acceptors (Lipinski definition) is 3. The fraction of sp³-hybridized carbons (Fsp3) is 0.600. The van der Waals surface area contributed by atoms with Crippen LogP contribution in [-0.2, 0) is 4.79 Å². The Balaban J connectivity index is 1.73. The van der Waals surface area contributed by atoms with Gasteiger partial charge in [-0.3, -0.25) is 9.59 Å². The molecule has 0 spiro atoms. The van der Waals surface area contributed by atoms with E-state index in [-0.39, 0.29) is 30.6 Å². The average Bonchev–Trinajstić information content (AvgIpc) is 2.83. The molecule has 1 aliphatic rings. The number of thiophene rings is 1. The standard InChI is InChI=1S/C15H20ClNO2S/c1-10-3-2-4-11(9-10)17-15(19)8-5-12(18)13-6-7-14(16)20-13/h6-7,10-11H,2-5,8-9H2,1H3,(H,17,19). The monoisotopic (exact) mass is 313 g/mol. The normalized spacial score (nSPS) is 22.5. The molecule has 2 atom stereocenters. The van der Waals surface area contributed by atoms with Gasteiger partial charge in [0.1, 0.15) is 0 Å². The molecule has 1 heterocycles. The number of Topliss-reactive ketones (excluding diaryl/α,β-unsaturated/α-hetero) is 1. The molecule has 1 amide bonds. The first-order chi connectivity index (χ1) is 9.54. The van der Waals surface area contributed by atoms with Gasteiger partial charge in [-0.2, -0.15) is 0 Å². The van der Waals surface area contributed by atoms with E-state index in [0.29, 0.717) is 15.1 Å². The minimum atomic E-state index is -0.0138. The Kier molecular flexibility index (Phi) is 5.61. The van der Waals surface area contributed by atoms with Crippen LogP contribution in [0.2, 0.25) is 4.34 Å². The van der Waals surface area contributed by atoms with Gasteiger partial charge in [-0.25, -0.2) is 0 Å². The molecule has 3 nitrogen and oxygen atoms in total. The van der Waals surface area contributed by atoms with Gasteiger partial charge in [-0.15, -0.1) is 11.3 Å². The first kappa shape index (κ1) is 15.5. The van der Waals surface area contributed by atoms with Crippen molar-refractivity contribution in [1.82, 2.24) is 5.32 Å². The van der Waals surface area contributed by atoms with E-state index in [1.165, 1.54) is 24.2 Å². The second kappa shape index (κ2) is 7.23. The summed E-state index contributed by atoms with van der Waals surface area (Å²) < 4.78 is 0.606. The number of hydrogen-bond donors (Lipinski definition) is 1. The van der Waals surface area contributed by atoms with Crippen molar-refractivity contribution in [3.63, 3.8) is 0 Å². The Bertz CT molecular complexity index is 486. The largest absolute Gasteiger partial charge is 0.353 e. The fourth-order valence-corrected chi connectivity index (χ4v) is 3.69. The third-order valence-corrected chi connectivity index (χ3v) is 5.00. The highest BCUT2D eigenvalue weighted by Gasteiger charge is 2.20. The number of amides is 1. The summed E-state index contributed by atoms with van der Waals surface area (Å²) >= 11 is 7.06. The molecule has 2 rings (SSSR count). The molecule has 1 aromatic rings. The Morgan fingerprint density at radius 2 is 2.15 bits per heavy atom. The minimum Gasteiger partial charge on any atom is -0.353 e. The number of carbonyl (C=O) groups excluding carboxylic acids is 2. The zero-order valence-corrected chi connectivity index (χ0v) is 13.2. The Labute approximate surface area is 128 Å². The van der Waals surface area contributed by atoms with Gasteiger partial charge in [0, 0.05) is 18.9 Å². The maximum Gasteiger partial charge on any atom is 0.220 e. The molecule has 1 aliphatic carbocycles. The fourth-order valence-electron chi connectivity index (χ4n) is 2.68. The molecule has 5 heteroatoms. The maximum atomic E-state index is 11.9. The Hall–Kier alpha value is -0.870. The van der Waals surface area contributed by atoms with Crippen molar-refractivity contribution in [2.45, 2.75) is 51.5 Å². The lowest BCUT2D eigenvalue weighted by molar-refractivity contribution is -0.122. The number of ketones is 1. The summed E-state index contributed by atoms with van der Waals surface area (Å²) in [5.41, 5.74) is 0. The molecule has 2 unspecified atom stereocenters. The summed E-state index contributed by atoms with van der Waals surface area (Å²) in [5.74, 6) is 0.665. The third kappa shape index (κ3) is 4.60. The van der Waals surface area contributed by atoms with Gasteiger partial charge in [0.15, 0.2) is 5.78 Å². The predicted molar refractivity (Wildman–Crippen MR) is 82.5 cm³/mol. The Morgan fingerprint density at radius 1 is 1.35 bits per heavy atom. The van der Waals surface area contributed by atoms with Gasteiger partial charge in [-0.05, 0) is 30.9 Å². The zero-order valence-electron chi connectivity index (χ0n) is 11.7. The van der Waals surface area contributed by atoms with E-state index in [4.69, 9.17) is 11.6 Å². The molecular formula is C15H20ClNO2S. The van der Waals surface area contributed by atoms with Crippen LogP contribution >= 0.6 is 22.9 Å². The van der Waals surface area contributed by atoms with Crippen LogP contribution in [0.25, 0.3) is 0 Å². The Morgan fingerprint density at radius 3 is 2.80 bits per heavy atom. The van der Waals surface area contributed by atoms with Crippen molar-refractivity contribution in [1.29, 1.82) is 0 Å². The van der Waals surface area contributed by atoms with Crippen LogP contribution in [0.5, 0.6) is 0 Å². The number of carbonyl (C=O) groups is 2. The van der Waals surface area contributed by atoms with E-state index in [0.717, 1.165) is 12.8 Å². The van der Waals surface area contributed by atoms with Gasteiger partial charge in [0.2, 0.25) is 5.91 Å². The molecule has 0 aliphatic heterocycles. The topological polar surface area (TPSA) is 46.2 Å². The molecule has 1 aromatic heterocycles. The quantitative estimate of drug-likeness (QED) is 0.833. The van der Waals surface area contributed by atoms with E-state index < -0.39 is 0 Å². The predicted octanol–water partition coefficient (Wildman–Crippen LogP) is 4.06. The molecule has 1 N–H and O–H groups in total. The van der Waals surface area contributed by atoms with Gasteiger partial charge in [-0.1, -0.05) is 31.4 Å². The summed E-state index contributed by atoms with van der Waals surface area (Å²) in [7, 11) is 0. The first-order valence-corrected chi connectivity index (χ1v) is 8.32. The van der Waals surface area contributed by atoms with E-state index in [1.807, 2.05) is 0 Å². The summed E-state index contributed by atoms with van der Waals surface area (Å²) in [6.07, 6.45) is 5.07. The molecule has 1 saturated carbocycles. The smallest absolute Gasteiger partial charge is 0.220 e. The third-order valence-electron chi connectivity index (χ3n) is 3.73. The van der Waals surface area contributed by atoms with Crippen molar-refractivity contribution in [3.05, 3.63) is 21.3 Å². The molecule has 110 valence electrons. The van der Waals surface area contributed by atoms with Crippen LogP contribution in [0.3, 0.4) is 0 Å². The van der Waals surface area contributed by atoms with Gasteiger partial charge < -0.3 is 5.32 Å². The minimum absolute atomic E-state index is 0.00550. The summed E-state index contributed by atoms with van der Waals surface area (Å²) in [4.78, 5) is 24.4. The lowest BCUT2D eigenvalue weighted by atomic mass is 9.87. The highest BCUT2D eigenvalue weighted by molar-refractivity contribution is 7.18. The molecule has 1 fully saturated rings. The number of rotatable bonds is 5. The van der Waals surface area contributed by atoms with Crippen LogP contribution in [0.1, 0.15) is 55.1 Å². The van der Waals surface area contributed by atoms with Crippen LogP contribution < -0.4 is 5.32 Å². The lowest BCUT2D eigenvalue weighted by Crippen LogP contribution is -2.38. The van der Waals surface area contributed by atoms with E-state index >= 15 is 0 Å². The first-order valence-electron chi connectivity index (χ1n) is 7.12. The summed E-state index contributed by atoms with van der Waals surface area (Å²) in [6.45, 7) is 2.22. The highest BCUT2D eigenvalue weighted by Crippen LogP contribution is 2.24. The zero-order chi connectivity index (χ0) is 14.5. The molecule has 0 radical (unpaired) electrons.